The first-order chi connectivity index (χ1) is 16.0. The van der Waals surface area contributed by atoms with Crippen molar-refractivity contribution < 1.29 is 22.7 Å². The van der Waals surface area contributed by atoms with Gasteiger partial charge in [-0.15, -0.1) is 0 Å². The van der Waals surface area contributed by atoms with Gasteiger partial charge in [-0.1, -0.05) is 44.2 Å². The molecule has 192 valence electrons. The molecule has 1 N–H and O–H groups in total. The van der Waals surface area contributed by atoms with Gasteiger partial charge in [-0.05, 0) is 37.7 Å². The molecule has 0 spiro atoms. The summed E-state index contributed by atoms with van der Waals surface area (Å²) in [7, 11) is 3.15. The van der Waals surface area contributed by atoms with Crippen molar-refractivity contribution >= 4 is 23.2 Å². The van der Waals surface area contributed by atoms with Crippen molar-refractivity contribution in [3.8, 4) is 0 Å². The number of methoxy groups -OCH3 is 1. The highest BCUT2D eigenvalue weighted by Crippen LogP contribution is 2.34. The van der Waals surface area contributed by atoms with E-state index >= 15 is 0 Å². The Bertz CT molecular complexity index is 803. The molecule has 1 rings (SSSR count). The zero-order valence-corrected chi connectivity index (χ0v) is 21.2. The third-order valence-electron chi connectivity index (χ3n) is 5.01. The summed E-state index contributed by atoms with van der Waals surface area (Å²) in [6.07, 6.45) is 5.87. The molecule has 0 atom stereocenters. The molecule has 1 aliphatic carbocycles. The number of alkyl halides is 3. The number of nitrogens with zero attached hydrogens (tertiary/aromatic N) is 3. The number of amides is 1. The molecular weight excluding hydrogens is 469 g/mol. The standard InChI is InChI=1S/C24H36ClF3N4O2/c1-6-8-9-20(15-18(3)34-5)32(12-7-2)14-13-31(4)22(33)17-29-30-23(24(26,27)28)21(25)16-19-10-11-19/h8-9,15-16,19,29H,3,6-7,10-14,17H2,1-2,4-5H3/b9-8-,20-15+,21-16-,30-23+. The Morgan fingerprint density at radius 3 is 2.47 bits per heavy atom. The van der Waals surface area contributed by atoms with Crippen LogP contribution < -0.4 is 5.43 Å². The Labute approximate surface area is 205 Å². The van der Waals surface area contributed by atoms with Crippen LogP contribution in [0, 0.1) is 5.92 Å². The normalized spacial score (nSPS) is 15.5. The molecule has 0 radical (unpaired) electrons. The summed E-state index contributed by atoms with van der Waals surface area (Å²) in [6.45, 7) is 9.20. The van der Waals surface area contributed by atoms with Crippen molar-refractivity contribution in [2.24, 2.45) is 11.0 Å². The molecule has 1 fully saturated rings. The fraction of sp³-hybridized carbons (Fsp3) is 0.583. The largest absolute Gasteiger partial charge is 0.497 e. The Hall–Kier alpha value is -2.42. The van der Waals surface area contributed by atoms with Crippen LogP contribution in [-0.2, 0) is 9.53 Å². The number of hydrazone groups is 1. The van der Waals surface area contributed by atoms with Crippen LogP contribution in [0.4, 0.5) is 13.2 Å². The highest BCUT2D eigenvalue weighted by Gasteiger charge is 2.39. The van der Waals surface area contributed by atoms with Gasteiger partial charge in [-0.2, -0.15) is 18.3 Å². The van der Waals surface area contributed by atoms with E-state index in [4.69, 9.17) is 16.3 Å². The average molecular weight is 505 g/mol. The van der Waals surface area contributed by atoms with Gasteiger partial charge < -0.3 is 20.0 Å². The minimum atomic E-state index is -4.72. The number of carbonyl (C=O) groups excluding carboxylic acids is 1. The van der Waals surface area contributed by atoms with Gasteiger partial charge in [0.25, 0.3) is 0 Å². The summed E-state index contributed by atoms with van der Waals surface area (Å²) >= 11 is 5.81. The fourth-order valence-electron chi connectivity index (χ4n) is 2.86. The third-order valence-corrected chi connectivity index (χ3v) is 5.31. The molecule has 0 aromatic carbocycles. The number of ether oxygens (including phenoxy) is 1. The van der Waals surface area contributed by atoms with E-state index < -0.39 is 16.9 Å². The maximum atomic E-state index is 13.3. The Morgan fingerprint density at radius 2 is 1.94 bits per heavy atom. The molecule has 1 aliphatic rings. The lowest BCUT2D eigenvalue weighted by atomic mass is 10.2. The van der Waals surface area contributed by atoms with Crippen molar-refractivity contribution in [2.75, 3.05) is 40.3 Å². The summed E-state index contributed by atoms with van der Waals surface area (Å²) in [5.74, 6) is 0.184. The number of hydrogen-bond donors (Lipinski definition) is 1. The van der Waals surface area contributed by atoms with Gasteiger partial charge in [-0.25, -0.2) is 0 Å². The van der Waals surface area contributed by atoms with Crippen LogP contribution in [0.1, 0.15) is 39.5 Å². The molecule has 0 unspecified atom stereocenters. The van der Waals surface area contributed by atoms with E-state index in [9.17, 15) is 18.0 Å². The summed E-state index contributed by atoms with van der Waals surface area (Å²) in [5, 5.41) is 2.92. The van der Waals surface area contributed by atoms with E-state index in [1.807, 2.05) is 25.2 Å². The lowest BCUT2D eigenvalue weighted by Crippen LogP contribution is -2.40. The molecule has 34 heavy (non-hydrogen) atoms. The Morgan fingerprint density at radius 1 is 1.26 bits per heavy atom. The minimum absolute atomic E-state index is 0.0612. The molecule has 0 aromatic heterocycles. The van der Waals surface area contributed by atoms with Crippen LogP contribution in [0.25, 0.3) is 0 Å². The van der Waals surface area contributed by atoms with Crippen molar-refractivity contribution in [3.63, 3.8) is 0 Å². The number of halogens is 4. The van der Waals surface area contributed by atoms with Crippen LogP contribution in [0.5, 0.6) is 0 Å². The first-order valence-electron chi connectivity index (χ1n) is 11.4. The molecule has 0 aliphatic heterocycles. The van der Waals surface area contributed by atoms with Gasteiger partial charge >= 0.3 is 6.18 Å². The van der Waals surface area contributed by atoms with E-state index in [0.29, 0.717) is 18.8 Å². The number of carbonyl (C=O) groups is 1. The zero-order chi connectivity index (χ0) is 25.7. The van der Waals surface area contributed by atoms with E-state index in [0.717, 1.165) is 37.9 Å². The van der Waals surface area contributed by atoms with Gasteiger partial charge in [0.05, 0.1) is 12.1 Å². The van der Waals surface area contributed by atoms with E-state index in [1.54, 1.807) is 14.2 Å². The SMILES string of the molecule is C=C(/C=C(\C=C/CC)N(CCC)CCN(C)C(=O)CN/N=C(\C(Cl)=C\C1CC1)C(F)(F)F)OC. The minimum Gasteiger partial charge on any atom is -0.497 e. The first kappa shape index (κ1) is 29.6. The van der Waals surface area contributed by atoms with Gasteiger partial charge in [-0.3, -0.25) is 4.79 Å². The number of rotatable bonds is 15. The van der Waals surface area contributed by atoms with Crippen molar-refractivity contribution in [2.45, 2.75) is 45.7 Å². The van der Waals surface area contributed by atoms with Crippen LogP contribution in [-0.4, -0.2) is 67.9 Å². The molecule has 0 heterocycles. The number of likely N-dealkylation sites (N-methyl/N-ethyl adjacent to an activating group) is 1. The second-order valence-electron chi connectivity index (χ2n) is 8.00. The number of allylic oxidation sites excluding steroid dienone is 5. The number of hydrogen-bond acceptors (Lipinski definition) is 5. The molecule has 1 saturated carbocycles. The van der Waals surface area contributed by atoms with Gasteiger partial charge in [0.1, 0.15) is 12.3 Å². The predicted molar refractivity (Wildman–Crippen MR) is 131 cm³/mol. The van der Waals surface area contributed by atoms with Crippen molar-refractivity contribution in [3.05, 3.63) is 47.4 Å². The van der Waals surface area contributed by atoms with Crippen molar-refractivity contribution in [1.29, 1.82) is 0 Å². The molecule has 0 aromatic rings. The van der Waals surface area contributed by atoms with Gasteiger partial charge in [0.2, 0.25) is 5.91 Å². The highest BCUT2D eigenvalue weighted by molar-refractivity contribution is 6.44. The lowest BCUT2D eigenvalue weighted by Gasteiger charge is -2.28. The molecule has 0 saturated heterocycles. The van der Waals surface area contributed by atoms with Crippen LogP contribution in [0.2, 0.25) is 0 Å². The maximum absolute atomic E-state index is 13.3. The molecule has 10 heteroatoms. The average Bonchev–Trinajstić information content (AvgIpc) is 3.59. The van der Waals surface area contributed by atoms with Gasteiger partial charge in [0.15, 0.2) is 5.71 Å². The molecule has 6 nitrogen and oxygen atoms in total. The quantitative estimate of drug-likeness (QED) is 0.144. The summed E-state index contributed by atoms with van der Waals surface area (Å²) in [4.78, 5) is 16.0. The second-order valence-corrected chi connectivity index (χ2v) is 8.40. The molecule has 0 bridgehead atoms. The zero-order valence-electron chi connectivity index (χ0n) is 20.4. The van der Waals surface area contributed by atoms with Crippen LogP contribution in [0.15, 0.2) is 52.5 Å². The van der Waals surface area contributed by atoms with Gasteiger partial charge in [0, 0.05) is 38.5 Å². The van der Waals surface area contributed by atoms with Crippen LogP contribution >= 0.6 is 11.6 Å². The van der Waals surface area contributed by atoms with Crippen LogP contribution in [0.3, 0.4) is 0 Å². The smallest absolute Gasteiger partial charge is 0.436 e. The first-order valence-corrected chi connectivity index (χ1v) is 11.8. The number of nitrogens with one attached hydrogen (secondary N) is 1. The summed E-state index contributed by atoms with van der Waals surface area (Å²) in [5.41, 5.74) is 1.92. The summed E-state index contributed by atoms with van der Waals surface area (Å²) < 4.78 is 45.0. The Balaban J connectivity index is 2.77. The van der Waals surface area contributed by atoms with E-state index in [1.165, 1.54) is 11.0 Å². The second kappa shape index (κ2) is 14.8. The molecule has 1 amide bonds. The van der Waals surface area contributed by atoms with E-state index in [2.05, 4.69) is 28.9 Å². The maximum Gasteiger partial charge on any atom is 0.436 e. The third kappa shape index (κ3) is 11.1. The Kier molecular flexibility index (Phi) is 12.9. The summed E-state index contributed by atoms with van der Waals surface area (Å²) in [6, 6.07) is 0. The highest BCUT2D eigenvalue weighted by atomic mass is 35.5. The monoisotopic (exact) mass is 504 g/mol. The van der Waals surface area contributed by atoms with Crippen molar-refractivity contribution in [1.82, 2.24) is 15.2 Å². The fourth-order valence-corrected chi connectivity index (χ4v) is 3.19. The topological polar surface area (TPSA) is 57.2 Å². The van der Waals surface area contributed by atoms with E-state index in [-0.39, 0.29) is 18.4 Å². The molecular formula is C24H36ClF3N4O2. The predicted octanol–water partition coefficient (Wildman–Crippen LogP) is 5.21. The lowest BCUT2D eigenvalue weighted by molar-refractivity contribution is -0.129.